The van der Waals surface area contributed by atoms with Gasteiger partial charge in [0.25, 0.3) is 0 Å². The number of hydrogen-bond donors (Lipinski definition) is 1. The summed E-state index contributed by atoms with van der Waals surface area (Å²) < 4.78 is 10.7. The summed E-state index contributed by atoms with van der Waals surface area (Å²) in [7, 11) is 0. The molecule has 0 fully saturated rings. The highest BCUT2D eigenvalue weighted by Gasteiger charge is 2.29. The van der Waals surface area contributed by atoms with E-state index >= 15 is 0 Å². The van der Waals surface area contributed by atoms with Gasteiger partial charge in [-0.3, -0.25) is 0 Å². The highest BCUT2D eigenvalue weighted by Crippen LogP contribution is 2.16. The first kappa shape index (κ1) is 21.0. The zero-order chi connectivity index (χ0) is 19.4. The zero-order valence-electron chi connectivity index (χ0n) is 16.6. The number of ether oxygens (including phenoxy) is 2. The Hall–Kier alpha value is -2.04. The van der Waals surface area contributed by atoms with Crippen LogP contribution in [0.2, 0.25) is 0 Å². The number of hydrogen-bond acceptors (Lipinski definition) is 4. The van der Waals surface area contributed by atoms with Crippen LogP contribution in [0.15, 0.2) is 18.2 Å². The summed E-state index contributed by atoms with van der Waals surface area (Å²) in [6.45, 7) is 14.7. The molecule has 25 heavy (non-hydrogen) atoms. The van der Waals surface area contributed by atoms with E-state index in [9.17, 15) is 9.59 Å². The number of carbonyl (C=O) groups excluding carboxylic acids is 2. The largest absolute Gasteiger partial charge is 0.458 e. The minimum atomic E-state index is -0.810. The van der Waals surface area contributed by atoms with Crippen molar-refractivity contribution in [1.29, 1.82) is 0 Å². The average molecular weight is 349 g/mol. The summed E-state index contributed by atoms with van der Waals surface area (Å²) in [6, 6.07) is 5.20. The van der Waals surface area contributed by atoms with Gasteiger partial charge in [0.05, 0.1) is 0 Å². The molecule has 0 heterocycles. The third kappa shape index (κ3) is 8.05. The van der Waals surface area contributed by atoms with Crippen LogP contribution in [0.25, 0.3) is 0 Å². The van der Waals surface area contributed by atoms with Crippen LogP contribution in [-0.4, -0.2) is 29.3 Å². The van der Waals surface area contributed by atoms with Crippen molar-refractivity contribution in [1.82, 2.24) is 5.32 Å². The Morgan fingerprint density at radius 3 is 2.04 bits per heavy atom. The molecule has 5 nitrogen and oxygen atoms in total. The lowest BCUT2D eigenvalue weighted by Gasteiger charge is -2.26. The number of alkyl carbamates (subject to hydrolysis) is 1. The van der Waals surface area contributed by atoms with Crippen molar-refractivity contribution in [2.75, 3.05) is 0 Å². The topological polar surface area (TPSA) is 64.6 Å². The van der Waals surface area contributed by atoms with Crippen molar-refractivity contribution >= 4 is 12.1 Å². The molecule has 5 heteroatoms. The van der Waals surface area contributed by atoms with Crippen molar-refractivity contribution < 1.29 is 19.1 Å². The van der Waals surface area contributed by atoms with Crippen LogP contribution in [0.5, 0.6) is 0 Å². The van der Waals surface area contributed by atoms with Crippen LogP contribution in [0.3, 0.4) is 0 Å². The van der Waals surface area contributed by atoms with Crippen molar-refractivity contribution in [3.8, 4) is 0 Å². The maximum absolute atomic E-state index is 12.6. The van der Waals surface area contributed by atoms with E-state index in [2.05, 4.69) is 11.4 Å². The van der Waals surface area contributed by atoms with Crippen LogP contribution in [0.4, 0.5) is 4.79 Å². The number of rotatable bonds is 4. The Bertz CT molecular complexity index is 624. The molecule has 1 amide bonds. The van der Waals surface area contributed by atoms with Gasteiger partial charge in [0.2, 0.25) is 0 Å². The van der Waals surface area contributed by atoms with Gasteiger partial charge < -0.3 is 14.8 Å². The first-order valence-corrected chi connectivity index (χ1v) is 8.55. The minimum Gasteiger partial charge on any atom is -0.458 e. The lowest BCUT2D eigenvalue weighted by Crippen LogP contribution is -2.47. The second-order valence-corrected chi connectivity index (χ2v) is 8.37. The predicted molar refractivity (Wildman–Crippen MR) is 98.6 cm³/mol. The van der Waals surface area contributed by atoms with E-state index in [0.29, 0.717) is 6.42 Å². The van der Waals surface area contributed by atoms with Gasteiger partial charge >= 0.3 is 12.1 Å². The lowest BCUT2D eigenvalue weighted by molar-refractivity contribution is -0.157. The van der Waals surface area contributed by atoms with E-state index in [1.54, 1.807) is 41.5 Å². The summed E-state index contributed by atoms with van der Waals surface area (Å²) in [4.78, 5) is 24.7. The summed E-state index contributed by atoms with van der Waals surface area (Å²) in [5.74, 6) is -0.474. The summed E-state index contributed by atoms with van der Waals surface area (Å²) >= 11 is 0. The molecule has 1 unspecified atom stereocenters. The lowest BCUT2D eigenvalue weighted by atomic mass is 9.99. The van der Waals surface area contributed by atoms with Gasteiger partial charge in [0.15, 0.2) is 0 Å². The van der Waals surface area contributed by atoms with E-state index < -0.39 is 29.3 Å². The molecule has 1 atom stereocenters. The smallest absolute Gasteiger partial charge is 0.408 e. The number of carbonyl (C=O) groups is 2. The Kier molecular flexibility index (Phi) is 6.63. The normalized spacial score (nSPS) is 13.1. The van der Waals surface area contributed by atoms with Crippen LogP contribution >= 0.6 is 0 Å². The maximum atomic E-state index is 12.6. The molecule has 1 N–H and O–H groups in total. The molecule has 1 aromatic rings. The molecule has 0 radical (unpaired) electrons. The molecule has 0 aliphatic rings. The molecule has 0 spiro atoms. The monoisotopic (exact) mass is 349 g/mol. The Morgan fingerprint density at radius 2 is 1.56 bits per heavy atom. The van der Waals surface area contributed by atoms with Crippen LogP contribution in [0.1, 0.15) is 58.2 Å². The molecule has 0 aliphatic heterocycles. The molecule has 0 bridgehead atoms. The fourth-order valence-electron chi connectivity index (χ4n) is 2.31. The molecule has 0 aliphatic carbocycles. The van der Waals surface area contributed by atoms with E-state index in [1.807, 2.05) is 26.0 Å². The number of aryl methyl sites for hydroxylation is 2. The van der Waals surface area contributed by atoms with Crippen LogP contribution in [-0.2, 0) is 20.7 Å². The fourth-order valence-corrected chi connectivity index (χ4v) is 2.31. The molecule has 140 valence electrons. The minimum absolute atomic E-state index is 0.347. The van der Waals surface area contributed by atoms with Gasteiger partial charge in [-0.25, -0.2) is 9.59 Å². The highest BCUT2D eigenvalue weighted by molar-refractivity contribution is 5.82. The molecule has 1 rings (SSSR count). The summed E-state index contributed by atoms with van der Waals surface area (Å²) in [6.07, 6.45) is -0.284. The summed E-state index contributed by atoms with van der Waals surface area (Å²) in [5.41, 5.74) is 1.93. The van der Waals surface area contributed by atoms with E-state index in [4.69, 9.17) is 9.47 Å². The van der Waals surface area contributed by atoms with Gasteiger partial charge in [-0.1, -0.05) is 23.8 Å². The first-order valence-electron chi connectivity index (χ1n) is 8.55. The Morgan fingerprint density at radius 1 is 1.00 bits per heavy atom. The molecular weight excluding hydrogens is 318 g/mol. The van der Waals surface area contributed by atoms with E-state index in [0.717, 1.165) is 16.7 Å². The number of esters is 1. The Balaban J connectivity index is 2.98. The van der Waals surface area contributed by atoms with Crippen LogP contribution in [0, 0.1) is 13.8 Å². The third-order valence-electron chi connectivity index (χ3n) is 3.30. The number of nitrogens with one attached hydrogen (secondary N) is 1. The third-order valence-corrected chi connectivity index (χ3v) is 3.30. The van der Waals surface area contributed by atoms with Gasteiger partial charge in [-0.2, -0.15) is 0 Å². The van der Waals surface area contributed by atoms with Crippen molar-refractivity contribution in [2.24, 2.45) is 0 Å². The molecule has 0 aromatic heterocycles. The van der Waals surface area contributed by atoms with Gasteiger partial charge in [-0.05, 0) is 66.5 Å². The quantitative estimate of drug-likeness (QED) is 0.832. The highest BCUT2D eigenvalue weighted by atomic mass is 16.6. The van der Waals surface area contributed by atoms with E-state index in [-0.39, 0.29) is 0 Å². The fraction of sp³-hybridized carbons (Fsp3) is 0.600. The summed E-state index contributed by atoms with van der Waals surface area (Å²) in [5, 5.41) is 2.65. The molecule has 1 aromatic carbocycles. The second kappa shape index (κ2) is 7.89. The zero-order valence-corrected chi connectivity index (χ0v) is 16.6. The van der Waals surface area contributed by atoms with Crippen LogP contribution < -0.4 is 5.32 Å². The van der Waals surface area contributed by atoms with E-state index in [1.165, 1.54) is 0 Å². The van der Waals surface area contributed by atoms with Gasteiger partial charge in [-0.15, -0.1) is 0 Å². The maximum Gasteiger partial charge on any atom is 0.408 e. The standard InChI is InChI=1S/C20H31NO4/c1-13-9-10-15(14(2)11-13)12-16(17(22)24-19(3,4)5)21-18(23)25-20(6,7)8/h9-11,16H,12H2,1-8H3,(H,21,23). The second-order valence-electron chi connectivity index (χ2n) is 8.37. The molecule has 0 saturated heterocycles. The average Bonchev–Trinajstić information content (AvgIpc) is 2.36. The van der Waals surface area contributed by atoms with Crippen molar-refractivity contribution in [3.05, 3.63) is 34.9 Å². The van der Waals surface area contributed by atoms with Crippen molar-refractivity contribution in [2.45, 2.75) is 79.1 Å². The number of amides is 1. The Labute approximate surface area is 151 Å². The first-order chi connectivity index (χ1) is 11.3. The number of benzene rings is 1. The van der Waals surface area contributed by atoms with Gasteiger partial charge in [0, 0.05) is 6.42 Å². The van der Waals surface area contributed by atoms with Crippen molar-refractivity contribution in [3.63, 3.8) is 0 Å². The SMILES string of the molecule is Cc1ccc(CC(NC(=O)OC(C)(C)C)C(=O)OC(C)(C)C)c(C)c1. The predicted octanol–water partition coefficient (Wildman–Crippen LogP) is 4.08. The van der Waals surface area contributed by atoms with Gasteiger partial charge in [0.1, 0.15) is 17.2 Å². The molecular formula is C20H31NO4. The molecule has 0 saturated carbocycles.